The molecule has 1 aromatic carbocycles. The molecule has 0 fully saturated rings. The van der Waals surface area contributed by atoms with Crippen LogP contribution in [0.15, 0.2) is 41.5 Å². The number of hydrogen-bond acceptors (Lipinski definition) is 1. The maximum absolute atomic E-state index is 12.6. The molecule has 2 rings (SSSR count). The van der Waals surface area contributed by atoms with Crippen LogP contribution in [0.5, 0.6) is 0 Å². The molecular weight excluding hydrogens is 183 g/mol. The molecule has 0 spiro atoms. The monoisotopic (exact) mass is 192 g/mol. The quantitative estimate of drug-likeness (QED) is 0.766. The van der Waals surface area contributed by atoms with Crippen molar-refractivity contribution >= 4 is 0 Å². The van der Waals surface area contributed by atoms with Crippen LogP contribution in [0.25, 0.3) is 0 Å². The number of aromatic amines is 1. The van der Waals surface area contributed by atoms with Gasteiger partial charge in [0, 0.05) is 12.4 Å². The van der Waals surface area contributed by atoms with Crippen LogP contribution in [-0.2, 0) is 6.54 Å². The molecule has 2 aromatic rings. The standard InChI is InChI=1S/C10H9FN2O/c11-9-3-1-8(2-4-9)7-13-6-5-12-10(13)14/h1-6H,7H2,(H,12,14). The van der Waals surface area contributed by atoms with E-state index in [-0.39, 0.29) is 11.5 Å². The summed E-state index contributed by atoms with van der Waals surface area (Å²) in [5.74, 6) is -0.268. The smallest absolute Gasteiger partial charge is 0.313 e. The Labute approximate surface area is 79.8 Å². The lowest BCUT2D eigenvalue weighted by Gasteiger charge is -2.00. The minimum Gasteiger partial charge on any atom is -0.313 e. The second kappa shape index (κ2) is 3.49. The highest BCUT2D eigenvalue weighted by molar-refractivity contribution is 5.16. The number of hydrogen-bond donors (Lipinski definition) is 1. The number of halogens is 1. The lowest BCUT2D eigenvalue weighted by molar-refractivity contribution is 0.626. The molecule has 0 aliphatic heterocycles. The Kier molecular flexibility index (Phi) is 2.18. The van der Waals surface area contributed by atoms with Crippen molar-refractivity contribution in [1.29, 1.82) is 0 Å². The third-order valence-electron chi connectivity index (χ3n) is 1.99. The molecule has 0 saturated carbocycles. The van der Waals surface area contributed by atoms with Gasteiger partial charge in [-0.1, -0.05) is 12.1 Å². The van der Waals surface area contributed by atoms with Crippen molar-refractivity contribution in [3.63, 3.8) is 0 Å². The van der Waals surface area contributed by atoms with E-state index in [1.807, 2.05) is 0 Å². The molecule has 0 unspecified atom stereocenters. The van der Waals surface area contributed by atoms with E-state index >= 15 is 0 Å². The Morgan fingerprint density at radius 2 is 2.00 bits per heavy atom. The Hall–Kier alpha value is -1.84. The van der Waals surface area contributed by atoms with Crippen molar-refractivity contribution in [2.24, 2.45) is 0 Å². The van der Waals surface area contributed by atoms with Gasteiger partial charge in [0.2, 0.25) is 0 Å². The summed E-state index contributed by atoms with van der Waals surface area (Å²) in [6.07, 6.45) is 3.23. The average molecular weight is 192 g/mol. The highest BCUT2D eigenvalue weighted by atomic mass is 19.1. The molecule has 0 atom stereocenters. The highest BCUT2D eigenvalue weighted by Gasteiger charge is 1.97. The van der Waals surface area contributed by atoms with Crippen molar-refractivity contribution in [1.82, 2.24) is 9.55 Å². The Bertz CT molecular complexity index is 469. The number of imidazole rings is 1. The lowest BCUT2D eigenvalue weighted by atomic mass is 10.2. The number of nitrogens with zero attached hydrogens (tertiary/aromatic N) is 1. The van der Waals surface area contributed by atoms with Crippen LogP contribution in [0.2, 0.25) is 0 Å². The molecule has 72 valence electrons. The second-order valence-electron chi connectivity index (χ2n) is 3.02. The summed E-state index contributed by atoms with van der Waals surface area (Å²) in [5, 5.41) is 0. The SMILES string of the molecule is O=c1[nH]ccn1Cc1ccc(F)cc1. The lowest BCUT2D eigenvalue weighted by Crippen LogP contribution is -2.16. The van der Waals surface area contributed by atoms with Crippen molar-refractivity contribution < 1.29 is 4.39 Å². The van der Waals surface area contributed by atoms with Crippen LogP contribution in [0.3, 0.4) is 0 Å². The molecule has 1 aromatic heterocycles. The minimum atomic E-state index is -0.268. The highest BCUT2D eigenvalue weighted by Crippen LogP contribution is 2.03. The number of nitrogens with one attached hydrogen (secondary N) is 1. The van der Waals surface area contributed by atoms with Crippen molar-refractivity contribution in [2.75, 3.05) is 0 Å². The van der Waals surface area contributed by atoms with Crippen LogP contribution < -0.4 is 5.69 Å². The van der Waals surface area contributed by atoms with E-state index in [1.165, 1.54) is 16.7 Å². The van der Waals surface area contributed by atoms with Gasteiger partial charge >= 0.3 is 5.69 Å². The van der Waals surface area contributed by atoms with Crippen LogP contribution in [0.1, 0.15) is 5.56 Å². The molecule has 14 heavy (non-hydrogen) atoms. The van der Waals surface area contributed by atoms with E-state index in [2.05, 4.69) is 4.98 Å². The summed E-state index contributed by atoms with van der Waals surface area (Å²) in [5.41, 5.74) is 0.738. The minimum absolute atomic E-state index is 0.158. The maximum atomic E-state index is 12.6. The van der Waals surface area contributed by atoms with Crippen LogP contribution in [-0.4, -0.2) is 9.55 Å². The first kappa shape index (κ1) is 8.74. The van der Waals surface area contributed by atoms with Gasteiger partial charge in [-0.3, -0.25) is 4.57 Å². The molecule has 1 N–H and O–H groups in total. The number of benzene rings is 1. The van der Waals surface area contributed by atoms with Gasteiger partial charge in [-0.15, -0.1) is 0 Å². The third-order valence-corrected chi connectivity index (χ3v) is 1.99. The van der Waals surface area contributed by atoms with Crippen LogP contribution >= 0.6 is 0 Å². The fraction of sp³-hybridized carbons (Fsp3) is 0.100. The first-order chi connectivity index (χ1) is 6.75. The van der Waals surface area contributed by atoms with Gasteiger partial charge in [-0.05, 0) is 17.7 Å². The van der Waals surface area contributed by atoms with E-state index in [0.29, 0.717) is 6.54 Å². The van der Waals surface area contributed by atoms with E-state index in [9.17, 15) is 9.18 Å². The van der Waals surface area contributed by atoms with Gasteiger partial charge in [0.1, 0.15) is 5.82 Å². The molecule has 0 saturated heterocycles. The van der Waals surface area contributed by atoms with Crippen LogP contribution in [0, 0.1) is 5.82 Å². The van der Waals surface area contributed by atoms with Gasteiger partial charge in [-0.25, -0.2) is 9.18 Å². The van der Waals surface area contributed by atoms with Gasteiger partial charge in [0.25, 0.3) is 0 Å². The summed E-state index contributed by atoms with van der Waals surface area (Å²) in [6, 6.07) is 6.09. The Morgan fingerprint density at radius 3 is 2.57 bits per heavy atom. The first-order valence-electron chi connectivity index (χ1n) is 4.24. The van der Waals surface area contributed by atoms with Crippen molar-refractivity contribution in [3.8, 4) is 0 Å². The summed E-state index contributed by atoms with van der Waals surface area (Å²) in [4.78, 5) is 13.7. The largest absolute Gasteiger partial charge is 0.325 e. The van der Waals surface area contributed by atoms with Crippen molar-refractivity contribution in [3.05, 3.63) is 58.5 Å². The second-order valence-corrected chi connectivity index (χ2v) is 3.02. The fourth-order valence-electron chi connectivity index (χ4n) is 1.26. The molecule has 0 radical (unpaired) electrons. The Balaban J connectivity index is 2.23. The maximum Gasteiger partial charge on any atom is 0.325 e. The zero-order valence-corrected chi connectivity index (χ0v) is 7.40. The summed E-state index contributed by atoms with van der Waals surface area (Å²) < 4.78 is 14.1. The molecule has 0 aliphatic carbocycles. The van der Waals surface area contributed by atoms with Gasteiger partial charge in [0.15, 0.2) is 0 Å². The van der Waals surface area contributed by atoms with Gasteiger partial charge in [-0.2, -0.15) is 0 Å². The predicted molar refractivity (Wildman–Crippen MR) is 50.6 cm³/mol. The zero-order chi connectivity index (χ0) is 9.97. The number of rotatable bonds is 2. The molecule has 1 heterocycles. The molecule has 0 bridgehead atoms. The number of H-pyrrole nitrogens is 1. The molecule has 4 heteroatoms. The van der Waals surface area contributed by atoms with E-state index in [1.54, 1.807) is 24.5 Å². The summed E-state index contributed by atoms with van der Waals surface area (Å²) in [6.45, 7) is 0.461. The molecule has 3 nitrogen and oxygen atoms in total. The molecular formula is C10H9FN2O. The fourth-order valence-corrected chi connectivity index (χ4v) is 1.26. The third kappa shape index (κ3) is 1.74. The van der Waals surface area contributed by atoms with E-state index < -0.39 is 0 Å². The van der Waals surface area contributed by atoms with Gasteiger partial charge in [0.05, 0.1) is 6.54 Å². The van der Waals surface area contributed by atoms with Crippen LogP contribution in [0.4, 0.5) is 4.39 Å². The normalized spacial score (nSPS) is 10.4. The topological polar surface area (TPSA) is 37.8 Å². The number of aromatic nitrogens is 2. The first-order valence-corrected chi connectivity index (χ1v) is 4.24. The predicted octanol–water partition coefficient (Wildman–Crippen LogP) is 1.36. The zero-order valence-electron chi connectivity index (χ0n) is 7.40. The summed E-state index contributed by atoms with van der Waals surface area (Å²) in [7, 11) is 0. The summed E-state index contributed by atoms with van der Waals surface area (Å²) >= 11 is 0. The van der Waals surface area contributed by atoms with E-state index in [0.717, 1.165) is 5.56 Å². The van der Waals surface area contributed by atoms with Gasteiger partial charge < -0.3 is 4.98 Å². The van der Waals surface area contributed by atoms with E-state index in [4.69, 9.17) is 0 Å². The molecule has 0 amide bonds. The average Bonchev–Trinajstić information content (AvgIpc) is 2.56. The van der Waals surface area contributed by atoms with Crippen molar-refractivity contribution in [2.45, 2.75) is 6.54 Å². The Morgan fingerprint density at radius 1 is 1.29 bits per heavy atom. The molecule has 0 aliphatic rings.